The summed E-state index contributed by atoms with van der Waals surface area (Å²) in [7, 11) is 0. The summed E-state index contributed by atoms with van der Waals surface area (Å²) in [5.41, 5.74) is 4.93. The molecule has 0 unspecified atom stereocenters. The predicted octanol–water partition coefficient (Wildman–Crippen LogP) is 5.04. The second kappa shape index (κ2) is 5.25. The lowest BCUT2D eigenvalue weighted by Crippen LogP contribution is -2.08. The summed E-state index contributed by atoms with van der Waals surface area (Å²) in [6.07, 6.45) is -4.53. The van der Waals surface area contributed by atoms with E-state index >= 15 is 0 Å². The lowest BCUT2D eigenvalue weighted by Gasteiger charge is -2.13. The molecular formula is C14H11ClF3NO. The van der Waals surface area contributed by atoms with Gasteiger partial charge in [-0.05, 0) is 42.8 Å². The summed E-state index contributed by atoms with van der Waals surface area (Å²) in [6, 6.07) is 8.42. The zero-order valence-corrected chi connectivity index (χ0v) is 11.2. The van der Waals surface area contributed by atoms with Crippen LogP contribution in [0.4, 0.5) is 18.9 Å². The van der Waals surface area contributed by atoms with Crippen LogP contribution in [0.3, 0.4) is 0 Å². The average molecular weight is 302 g/mol. The summed E-state index contributed by atoms with van der Waals surface area (Å²) in [4.78, 5) is 0. The zero-order valence-electron chi connectivity index (χ0n) is 10.5. The minimum absolute atomic E-state index is 0.0269. The van der Waals surface area contributed by atoms with E-state index in [1.165, 1.54) is 6.07 Å². The molecule has 0 saturated heterocycles. The Morgan fingerprint density at radius 1 is 1.10 bits per heavy atom. The molecule has 0 heterocycles. The third-order valence-corrected chi connectivity index (χ3v) is 2.96. The van der Waals surface area contributed by atoms with Gasteiger partial charge in [-0.3, -0.25) is 0 Å². The number of hydrogen-bond donors (Lipinski definition) is 1. The van der Waals surface area contributed by atoms with Gasteiger partial charge in [-0.1, -0.05) is 17.7 Å². The van der Waals surface area contributed by atoms with Crippen molar-refractivity contribution in [3.8, 4) is 11.5 Å². The van der Waals surface area contributed by atoms with Crippen molar-refractivity contribution in [3.63, 3.8) is 0 Å². The van der Waals surface area contributed by atoms with Gasteiger partial charge < -0.3 is 10.5 Å². The van der Waals surface area contributed by atoms with Crippen molar-refractivity contribution >= 4 is 17.3 Å². The number of nitrogens with two attached hydrogens (primary N) is 1. The number of nitrogen functional groups attached to an aromatic ring is 1. The van der Waals surface area contributed by atoms with Gasteiger partial charge in [0, 0.05) is 5.69 Å². The molecule has 106 valence electrons. The molecule has 0 aliphatic rings. The van der Waals surface area contributed by atoms with Crippen LogP contribution in [0, 0.1) is 6.92 Å². The number of halogens is 4. The van der Waals surface area contributed by atoms with E-state index in [0.717, 1.165) is 17.7 Å². The Labute approximate surface area is 118 Å². The van der Waals surface area contributed by atoms with Gasteiger partial charge in [-0.25, -0.2) is 0 Å². The maximum absolute atomic E-state index is 12.7. The summed E-state index contributed by atoms with van der Waals surface area (Å²) in [6.45, 7) is 1.83. The molecule has 0 aliphatic heterocycles. The molecule has 0 amide bonds. The van der Waals surface area contributed by atoms with Crippen LogP contribution in [0.15, 0.2) is 36.4 Å². The minimum Gasteiger partial charge on any atom is -0.456 e. The monoisotopic (exact) mass is 301 g/mol. The molecule has 0 aromatic heterocycles. The van der Waals surface area contributed by atoms with Gasteiger partial charge in [0.05, 0.1) is 10.6 Å². The molecule has 2 rings (SSSR count). The van der Waals surface area contributed by atoms with Crippen LogP contribution in [0.1, 0.15) is 11.1 Å². The number of ether oxygens (including phenoxy) is 1. The Morgan fingerprint density at radius 2 is 1.80 bits per heavy atom. The quantitative estimate of drug-likeness (QED) is 0.789. The Kier molecular flexibility index (Phi) is 3.81. The van der Waals surface area contributed by atoms with Gasteiger partial charge in [0.25, 0.3) is 0 Å². The fourth-order valence-corrected chi connectivity index (χ4v) is 1.82. The molecule has 0 fully saturated rings. The highest BCUT2D eigenvalue weighted by Gasteiger charge is 2.33. The van der Waals surface area contributed by atoms with Crippen LogP contribution in [0.2, 0.25) is 5.02 Å². The smallest absolute Gasteiger partial charge is 0.418 e. The predicted molar refractivity (Wildman–Crippen MR) is 72.1 cm³/mol. The first kappa shape index (κ1) is 14.5. The second-order valence-corrected chi connectivity index (χ2v) is 4.69. The van der Waals surface area contributed by atoms with E-state index in [1.807, 2.05) is 6.92 Å². The highest BCUT2D eigenvalue weighted by atomic mass is 35.5. The van der Waals surface area contributed by atoms with Crippen LogP contribution in [-0.2, 0) is 6.18 Å². The van der Waals surface area contributed by atoms with Crippen molar-refractivity contribution in [2.75, 3.05) is 5.73 Å². The highest BCUT2D eigenvalue weighted by molar-refractivity contribution is 6.32. The van der Waals surface area contributed by atoms with Crippen molar-refractivity contribution in [1.29, 1.82) is 0 Å². The van der Waals surface area contributed by atoms with Gasteiger partial charge in [0.1, 0.15) is 11.5 Å². The maximum Gasteiger partial charge on any atom is 0.418 e. The molecule has 2 aromatic carbocycles. The lowest BCUT2D eigenvalue weighted by atomic mass is 10.1. The van der Waals surface area contributed by atoms with Crippen molar-refractivity contribution in [3.05, 3.63) is 52.5 Å². The lowest BCUT2D eigenvalue weighted by molar-refractivity contribution is -0.137. The van der Waals surface area contributed by atoms with Crippen LogP contribution in [-0.4, -0.2) is 0 Å². The van der Waals surface area contributed by atoms with Crippen LogP contribution in [0.25, 0.3) is 0 Å². The topological polar surface area (TPSA) is 35.2 Å². The maximum atomic E-state index is 12.7. The molecule has 0 aliphatic carbocycles. The van der Waals surface area contributed by atoms with Gasteiger partial charge in [-0.15, -0.1) is 0 Å². The molecule has 0 saturated carbocycles. The van der Waals surface area contributed by atoms with Crippen molar-refractivity contribution in [1.82, 2.24) is 0 Å². The molecule has 2 nitrogen and oxygen atoms in total. The molecule has 0 spiro atoms. The van der Waals surface area contributed by atoms with Crippen LogP contribution < -0.4 is 10.5 Å². The number of aryl methyl sites for hydroxylation is 1. The van der Waals surface area contributed by atoms with Gasteiger partial charge in [0.2, 0.25) is 0 Å². The number of hydrogen-bond acceptors (Lipinski definition) is 2. The van der Waals surface area contributed by atoms with E-state index in [4.69, 9.17) is 22.1 Å². The van der Waals surface area contributed by atoms with Crippen LogP contribution in [0.5, 0.6) is 11.5 Å². The van der Waals surface area contributed by atoms with Gasteiger partial charge in [-0.2, -0.15) is 13.2 Å². The number of benzene rings is 2. The summed E-state index contributed by atoms with van der Waals surface area (Å²) < 4.78 is 43.6. The van der Waals surface area contributed by atoms with E-state index in [0.29, 0.717) is 10.8 Å². The molecule has 0 atom stereocenters. The fraction of sp³-hybridized carbons (Fsp3) is 0.143. The SMILES string of the molecule is Cc1ccc(Cl)c(Oc2ccc(N)c(C(F)(F)F)c2)c1. The van der Waals surface area contributed by atoms with E-state index in [9.17, 15) is 13.2 Å². The second-order valence-electron chi connectivity index (χ2n) is 4.28. The van der Waals surface area contributed by atoms with Gasteiger partial charge >= 0.3 is 6.18 Å². The summed E-state index contributed by atoms with van der Waals surface area (Å²) in [5, 5.41) is 0.320. The van der Waals surface area contributed by atoms with E-state index in [1.54, 1.807) is 18.2 Å². The zero-order chi connectivity index (χ0) is 14.9. The minimum atomic E-state index is -4.53. The molecular weight excluding hydrogens is 291 g/mol. The Balaban J connectivity index is 2.37. The molecule has 6 heteroatoms. The summed E-state index contributed by atoms with van der Waals surface area (Å²) >= 11 is 5.94. The van der Waals surface area contributed by atoms with Crippen LogP contribution >= 0.6 is 11.6 Å². The third kappa shape index (κ3) is 3.17. The fourth-order valence-electron chi connectivity index (χ4n) is 1.66. The third-order valence-electron chi connectivity index (χ3n) is 2.64. The number of alkyl halides is 3. The number of rotatable bonds is 2. The van der Waals surface area contributed by atoms with E-state index in [-0.39, 0.29) is 11.4 Å². The molecule has 0 bridgehead atoms. The first-order valence-electron chi connectivity index (χ1n) is 5.68. The molecule has 2 N–H and O–H groups in total. The Bertz CT molecular complexity index is 641. The molecule has 2 aromatic rings. The van der Waals surface area contributed by atoms with E-state index in [2.05, 4.69) is 0 Å². The van der Waals surface area contributed by atoms with Crippen molar-refractivity contribution in [2.24, 2.45) is 0 Å². The number of anilines is 1. The Morgan fingerprint density at radius 3 is 2.45 bits per heavy atom. The highest BCUT2D eigenvalue weighted by Crippen LogP contribution is 2.37. The average Bonchev–Trinajstić information content (AvgIpc) is 2.35. The van der Waals surface area contributed by atoms with Crippen molar-refractivity contribution in [2.45, 2.75) is 13.1 Å². The first-order valence-corrected chi connectivity index (χ1v) is 6.06. The normalized spacial score (nSPS) is 11.4. The molecule has 0 radical (unpaired) electrons. The van der Waals surface area contributed by atoms with Crippen molar-refractivity contribution < 1.29 is 17.9 Å². The first-order chi connectivity index (χ1) is 9.27. The van der Waals surface area contributed by atoms with Gasteiger partial charge in [0.15, 0.2) is 0 Å². The summed E-state index contributed by atoms with van der Waals surface area (Å²) in [5.74, 6) is 0.323. The van der Waals surface area contributed by atoms with E-state index < -0.39 is 11.7 Å². The Hall–Kier alpha value is -1.88. The largest absolute Gasteiger partial charge is 0.456 e. The standard InChI is InChI=1S/C14H11ClF3NO/c1-8-2-4-11(15)13(6-8)20-9-3-5-12(19)10(7-9)14(16,17)18/h2-7H,19H2,1H3. The molecule has 20 heavy (non-hydrogen) atoms.